The van der Waals surface area contributed by atoms with Gasteiger partial charge in [0.1, 0.15) is 10.8 Å². The highest BCUT2D eigenvalue weighted by atomic mass is 32.1. The van der Waals surface area contributed by atoms with E-state index in [1.165, 1.54) is 23.5 Å². The first kappa shape index (κ1) is 24.2. The van der Waals surface area contributed by atoms with Crippen molar-refractivity contribution in [2.75, 3.05) is 11.9 Å². The molecule has 3 N–H and O–H groups in total. The molecule has 174 valence electrons. The average molecular weight is 472 g/mol. The molecule has 2 aromatic rings. The number of ether oxygens (including phenoxy) is 1. The molecule has 1 saturated heterocycles. The second-order valence-electron chi connectivity index (χ2n) is 7.50. The van der Waals surface area contributed by atoms with E-state index in [1.807, 2.05) is 18.7 Å². The molecule has 1 aliphatic heterocycles. The van der Waals surface area contributed by atoms with Crippen LogP contribution in [0.4, 0.5) is 18.2 Å². The Morgan fingerprint density at radius 2 is 1.94 bits per heavy atom. The molecular formula is C21H24F3N3O4S. The SMILES string of the molecule is CCc1cc(C(=O)c2ccc(OC(F)(F)F)cc2)c(NC(=O)CN2[C@@H](NO)CC[C@@H]2C)s1. The first-order valence-electron chi connectivity index (χ1n) is 10.1. The fourth-order valence-electron chi connectivity index (χ4n) is 3.62. The maximum atomic E-state index is 13.0. The molecule has 11 heteroatoms. The number of benzene rings is 1. The van der Waals surface area contributed by atoms with Crippen molar-refractivity contribution in [2.24, 2.45) is 0 Å². The van der Waals surface area contributed by atoms with Crippen LogP contribution in [-0.4, -0.2) is 46.9 Å². The van der Waals surface area contributed by atoms with Crippen LogP contribution in [0.25, 0.3) is 0 Å². The molecule has 32 heavy (non-hydrogen) atoms. The number of ketones is 1. The van der Waals surface area contributed by atoms with Gasteiger partial charge in [-0.2, -0.15) is 5.48 Å². The Hall–Kier alpha value is -2.47. The molecular weight excluding hydrogens is 447 g/mol. The number of alkyl halides is 3. The molecule has 2 heterocycles. The first-order valence-corrected chi connectivity index (χ1v) is 10.9. The predicted octanol–water partition coefficient (Wildman–Crippen LogP) is 4.17. The Morgan fingerprint density at radius 1 is 1.25 bits per heavy atom. The quantitative estimate of drug-likeness (QED) is 0.396. The Labute approximate surface area is 187 Å². The van der Waals surface area contributed by atoms with Crippen LogP contribution < -0.4 is 15.5 Å². The van der Waals surface area contributed by atoms with E-state index >= 15 is 0 Å². The highest BCUT2D eigenvalue weighted by molar-refractivity contribution is 7.16. The fraction of sp³-hybridized carbons (Fsp3) is 0.429. The van der Waals surface area contributed by atoms with Crippen molar-refractivity contribution in [1.82, 2.24) is 10.4 Å². The number of rotatable bonds is 8. The van der Waals surface area contributed by atoms with Gasteiger partial charge in [0, 0.05) is 16.5 Å². The molecule has 1 amide bonds. The lowest BCUT2D eigenvalue weighted by Gasteiger charge is -2.26. The molecule has 0 spiro atoms. The number of hydroxylamine groups is 1. The van der Waals surface area contributed by atoms with Crippen molar-refractivity contribution < 1.29 is 32.7 Å². The Bertz CT molecular complexity index is 962. The minimum absolute atomic E-state index is 0.0376. The van der Waals surface area contributed by atoms with E-state index < -0.39 is 17.9 Å². The number of thiophene rings is 1. The van der Waals surface area contributed by atoms with Crippen LogP contribution in [0.1, 0.15) is 47.5 Å². The van der Waals surface area contributed by atoms with E-state index in [4.69, 9.17) is 0 Å². The second kappa shape index (κ2) is 9.99. The smallest absolute Gasteiger partial charge is 0.406 e. The first-order chi connectivity index (χ1) is 15.1. The van der Waals surface area contributed by atoms with Crippen molar-refractivity contribution in [1.29, 1.82) is 0 Å². The molecule has 1 aromatic heterocycles. The van der Waals surface area contributed by atoms with E-state index in [-0.39, 0.29) is 35.8 Å². The van der Waals surface area contributed by atoms with E-state index in [2.05, 4.69) is 15.5 Å². The van der Waals surface area contributed by atoms with Crippen LogP contribution in [0, 0.1) is 0 Å². The maximum Gasteiger partial charge on any atom is 0.573 e. The summed E-state index contributed by atoms with van der Waals surface area (Å²) in [6.45, 7) is 3.92. The van der Waals surface area contributed by atoms with Crippen LogP contribution in [0.15, 0.2) is 30.3 Å². The monoisotopic (exact) mass is 471 g/mol. The minimum atomic E-state index is -4.82. The second-order valence-corrected chi connectivity index (χ2v) is 8.64. The van der Waals surface area contributed by atoms with Crippen molar-refractivity contribution in [3.8, 4) is 5.75 Å². The van der Waals surface area contributed by atoms with Gasteiger partial charge in [-0.25, -0.2) is 0 Å². The molecule has 7 nitrogen and oxygen atoms in total. The highest BCUT2D eigenvalue weighted by Gasteiger charge is 2.32. The molecule has 0 saturated carbocycles. The number of likely N-dealkylation sites (tertiary alicyclic amines) is 1. The zero-order chi connectivity index (χ0) is 23.5. The summed E-state index contributed by atoms with van der Waals surface area (Å²) < 4.78 is 40.9. The lowest BCUT2D eigenvalue weighted by atomic mass is 10.0. The number of amides is 1. The summed E-state index contributed by atoms with van der Waals surface area (Å²) in [5.41, 5.74) is 2.66. The Balaban J connectivity index is 1.76. The molecule has 2 atom stereocenters. The lowest BCUT2D eigenvalue weighted by Crippen LogP contribution is -2.46. The van der Waals surface area contributed by atoms with E-state index in [0.29, 0.717) is 17.8 Å². The molecule has 0 unspecified atom stereocenters. The molecule has 1 aliphatic rings. The van der Waals surface area contributed by atoms with Gasteiger partial charge >= 0.3 is 6.36 Å². The molecule has 0 aliphatic carbocycles. The van der Waals surface area contributed by atoms with Gasteiger partial charge < -0.3 is 15.3 Å². The summed E-state index contributed by atoms with van der Waals surface area (Å²) in [5.74, 6) is -1.17. The third kappa shape index (κ3) is 5.85. The van der Waals surface area contributed by atoms with Crippen LogP contribution in [0.3, 0.4) is 0 Å². The molecule has 0 bridgehead atoms. The fourth-order valence-corrected chi connectivity index (χ4v) is 4.63. The van der Waals surface area contributed by atoms with Crippen molar-refractivity contribution >= 4 is 28.0 Å². The summed E-state index contributed by atoms with van der Waals surface area (Å²) in [6, 6.07) is 6.44. The third-order valence-corrected chi connectivity index (χ3v) is 6.47. The van der Waals surface area contributed by atoms with Gasteiger partial charge in [-0.3, -0.25) is 14.5 Å². The number of carbonyl (C=O) groups is 2. The van der Waals surface area contributed by atoms with Crippen molar-refractivity contribution in [3.05, 3.63) is 46.3 Å². The molecule has 1 fully saturated rings. The molecule has 1 aromatic carbocycles. The van der Waals surface area contributed by atoms with Gasteiger partial charge in [0.15, 0.2) is 5.78 Å². The number of nitrogens with one attached hydrogen (secondary N) is 2. The van der Waals surface area contributed by atoms with Crippen LogP contribution in [0.2, 0.25) is 0 Å². The van der Waals surface area contributed by atoms with Crippen LogP contribution in [0.5, 0.6) is 5.75 Å². The summed E-state index contributed by atoms with van der Waals surface area (Å²) in [7, 11) is 0. The molecule has 0 radical (unpaired) electrons. The number of nitrogens with zero attached hydrogens (tertiary/aromatic N) is 1. The molecule has 3 rings (SSSR count). The Morgan fingerprint density at radius 3 is 2.53 bits per heavy atom. The number of carbonyl (C=O) groups excluding carboxylic acids is 2. The predicted molar refractivity (Wildman–Crippen MR) is 113 cm³/mol. The third-order valence-electron chi connectivity index (χ3n) is 5.28. The number of anilines is 1. The average Bonchev–Trinajstić information content (AvgIpc) is 3.30. The van der Waals surface area contributed by atoms with Gasteiger partial charge in [-0.05, 0) is 56.5 Å². The number of aryl methyl sites for hydroxylation is 1. The number of hydrogen-bond acceptors (Lipinski definition) is 7. The highest BCUT2D eigenvalue weighted by Crippen LogP contribution is 2.32. The summed E-state index contributed by atoms with van der Waals surface area (Å²) >= 11 is 1.28. The van der Waals surface area contributed by atoms with Crippen LogP contribution in [-0.2, 0) is 11.2 Å². The topological polar surface area (TPSA) is 90.9 Å². The summed E-state index contributed by atoms with van der Waals surface area (Å²) in [6.07, 6.45) is -2.93. The van der Waals surface area contributed by atoms with Gasteiger partial charge in [-0.15, -0.1) is 24.5 Å². The van der Waals surface area contributed by atoms with Gasteiger partial charge in [0.05, 0.1) is 18.3 Å². The zero-order valence-electron chi connectivity index (χ0n) is 17.5. The summed E-state index contributed by atoms with van der Waals surface area (Å²) in [5, 5.41) is 12.4. The van der Waals surface area contributed by atoms with Crippen LogP contribution >= 0.6 is 11.3 Å². The summed E-state index contributed by atoms with van der Waals surface area (Å²) in [4.78, 5) is 28.4. The van der Waals surface area contributed by atoms with Crippen molar-refractivity contribution in [2.45, 2.75) is 51.7 Å². The lowest BCUT2D eigenvalue weighted by molar-refractivity contribution is -0.274. The van der Waals surface area contributed by atoms with Gasteiger partial charge in [0.25, 0.3) is 0 Å². The van der Waals surface area contributed by atoms with E-state index in [0.717, 1.165) is 23.4 Å². The van der Waals surface area contributed by atoms with Gasteiger partial charge in [-0.1, -0.05) is 6.92 Å². The maximum absolute atomic E-state index is 13.0. The number of halogens is 3. The largest absolute Gasteiger partial charge is 0.573 e. The zero-order valence-corrected chi connectivity index (χ0v) is 18.3. The van der Waals surface area contributed by atoms with E-state index in [1.54, 1.807) is 6.07 Å². The standard InChI is InChI=1S/C21H24F3N3O4S/c1-3-15-10-16(19(29)13-5-7-14(8-6-13)31-21(22,23)24)20(32-15)25-18(28)11-27-12(2)4-9-17(27)26-30/h5-8,10,12,17,26,30H,3-4,9,11H2,1-2H3,(H,25,28)/t12-,17+/m0/s1. The van der Waals surface area contributed by atoms with Crippen molar-refractivity contribution in [3.63, 3.8) is 0 Å². The minimum Gasteiger partial charge on any atom is -0.406 e. The number of hydrogen-bond donors (Lipinski definition) is 3. The van der Waals surface area contributed by atoms with Gasteiger partial charge in [0.2, 0.25) is 5.91 Å². The normalized spacial score (nSPS) is 19.2. The Kier molecular flexibility index (Phi) is 7.55. The van der Waals surface area contributed by atoms with E-state index in [9.17, 15) is 28.0 Å².